The standard InChI is InChI=1S/C25H32N2O5.C3H7NO.C2H6/c1-15-11-18(12-16(2)22(15)32-25(4,5)24(28)29)13-26-14-21-17(3)31-23(27-21)19-7-9-20(30-6)10-8-19;1-3(5)4-2;1-2/h7-12,17,21,26H,13-14H2,1-6H3,(H,28,29);1-2H3,(H,4,5);1-2H3. The van der Waals surface area contributed by atoms with Gasteiger partial charge in [-0.15, -0.1) is 0 Å². The van der Waals surface area contributed by atoms with Crippen LogP contribution in [0.25, 0.3) is 0 Å². The van der Waals surface area contributed by atoms with E-state index in [0.29, 0.717) is 24.7 Å². The van der Waals surface area contributed by atoms with Gasteiger partial charge >= 0.3 is 5.97 Å². The van der Waals surface area contributed by atoms with Crippen molar-refractivity contribution in [1.82, 2.24) is 10.6 Å². The van der Waals surface area contributed by atoms with E-state index in [4.69, 9.17) is 19.2 Å². The van der Waals surface area contributed by atoms with Crippen molar-refractivity contribution in [2.75, 3.05) is 20.7 Å². The number of aryl methyl sites for hydroxylation is 2. The molecule has 1 heterocycles. The number of nitrogens with one attached hydrogen (secondary N) is 2. The molecule has 2 aromatic rings. The highest BCUT2D eigenvalue weighted by Crippen LogP contribution is 2.29. The van der Waals surface area contributed by atoms with Crippen molar-refractivity contribution in [3.8, 4) is 11.5 Å². The number of rotatable bonds is 9. The van der Waals surface area contributed by atoms with Crippen molar-refractivity contribution in [1.29, 1.82) is 0 Å². The number of carbonyl (C=O) groups is 2. The topological polar surface area (TPSA) is 118 Å². The Hall–Kier alpha value is -3.59. The molecule has 9 heteroatoms. The van der Waals surface area contributed by atoms with Crippen LogP contribution in [-0.4, -0.2) is 61.3 Å². The van der Waals surface area contributed by atoms with Crippen LogP contribution >= 0.6 is 0 Å². The molecule has 2 aromatic carbocycles. The zero-order valence-electron chi connectivity index (χ0n) is 25.0. The number of aliphatic imine (C=N–C) groups is 1. The van der Waals surface area contributed by atoms with Crippen LogP contribution in [0.1, 0.15) is 63.8 Å². The minimum Gasteiger partial charge on any atom is -0.497 e. The van der Waals surface area contributed by atoms with Gasteiger partial charge in [-0.1, -0.05) is 26.0 Å². The van der Waals surface area contributed by atoms with Crippen molar-refractivity contribution in [3.63, 3.8) is 0 Å². The molecule has 0 fully saturated rings. The van der Waals surface area contributed by atoms with Crippen molar-refractivity contribution in [2.24, 2.45) is 4.99 Å². The highest BCUT2D eigenvalue weighted by atomic mass is 16.5. The molecule has 39 heavy (non-hydrogen) atoms. The zero-order valence-corrected chi connectivity index (χ0v) is 25.0. The second-order valence-corrected chi connectivity index (χ2v) is 9.47. The lowest BCUT2D eigenvalue weighted by Gasteiger charge is -2.24. The molecule has 0 aliphatic carbocycles. The van der Waals surface area contributed by atoms with Crippen LogP contribution in [0.3, 0.4) is 0 Å². The quantitative estimate of drug-likeness (QED) is 0.421. The second-order valence-electron chi connectivity index (χ2n) is 9.47. The molecule has 1 amide bonds. The summed E-state index contributed by atoms with van der Waals surface area (Å²) < 4.78 is 16.9. The zero-order chi connectivity index (χ0) is 29.8. The fourth-order valence-corrected chi connectivity index (χ4v) is 3.59. The van der Waals surface area contributed by atoms with E-state index >= 15 is 0 Å². The second kappa shape index (κ2) is 15.7. The Labute approximate surface area is 233 Å². The molecule has 2 atom stereocenters. The third-order valence-electron chi connectivity index (χ3n) is 5.89. The predicted molar refractivity (Wildman–Crippen MR) is 155 cm³/mol. The van der Waals surface area contributed by atoms with Crippen molar-refractivity contribution in [3.05, 3.63) is 58.7 Å². The van der Waals surface area contributed by atoms with Gasteiger partial charge in [-0.05, 0) is 75.6 Å². The fraction of sp³-hybridized carbons (Fsp3) is 0.500. The number of methoxy groups -OCH3 is 1. The van der Waals surface area contributed by atoms with Gasteiger partial charge in [0.05, 0.1) is 7.11 Å². The molecule has 0 bridgehead atoms. The van der Waals surface area contributed by atoms with Crippen molar-refractivity contribution < 1.29 is 28.9 Å². The molecule has 3 N–H and O–H groups in total. The van der Waals surface area contributed by atoms with E-state index in [9.17, 15) is 14.7 Å². The number of hydrogen-bond acceptors (Lipinski definition) is 7. The van der Waals surface area contributed by atoms with Gasteiger partial charge in [-0.2, -0.15) is 0 Å². The number of amides is 1. The lowest BCUT2D eigenvalue weighted by Crippen LogP contribution is -2.38. The Kier molecular flexibility index (Phi) is 13.5. The largest absolute Gasteiger partial charge is 0.497 e. The summed E-state index contributed by atoms with van der Waals surface area (Å²) in [5.41, 5.74) is 2.58. The molecule has 0 aromatic heterocycles. The van der Waals surface area contributed by atoms with E-state index in [1.807, 2.05) is 71.0 Å². The summed E-state index contributed by atoms with van der Waals surface area (Å²) in [5, 5.41) is 15.2. The summed E-state index contributed by atoms with van der Waals surface area (Å²) >= 11 is 0. The van der Waals surface area contributed by atoms with Crippen LogP contribution in [0, 0.1) is 13.8 Å². The molecule has 1 aliphatic rings. The maximum Gasteiger partial charge on any atom is 0.347 e. The van der Waals surface area contributed by atoms with E-state index in [1.165, 1.54) is 6.92 Å². The van der Waals surface area contributed by atoms with Gasteiger partial charge in [0, 0.05) is 32.6 Å². The minimum atomic E-state index is -1.28. The maximum atomic E-state index is 11.4. The molecule has 1 aliphatic heterocycles. The maximum absolute atomic E-state index is 11.4. The molecular weight excluding hydrogens is 498 g/mol. The smallest absolute Gasteiger partial charge is 0.347 e. The summed E-state index contributed by atoms with van der Waals surface area (Å²) in [4.78, 5) is 25.8. The van der Waals surface area contributed by atoms with E-state index in [2.05, 4.69) is 10.6 Å². The molecule has 3 rings (SSSR count). The minimum absolute atomic E-state index is 0.00463. The monoisotopic (exact) mass is 543 g/mol. The first kappa shape index (κ1) is 33.4. The molecule has 2 unspecified atom stereocenters. The Morgan fingerprint density at radius 1 is 1.10 bits per heavy atom. The SMILES string of the molecule is CC.CNC(C)=O.COc1ccc(C2=NC(CNCc3cc(C)c(OC(C)(C)C(=O)O)c(C)c3)C(C)O2)cc1. The molecule has 0 spiro atoms. The Balaban J connectivity index is 0.000000975. The summed E-state index contributed by atoms with van der Waals surface area (Å²) in [6.45, 7) is 15.8. The summed E-state index contributed by atoms with van der Waals surface area (Å²) in [6, 6.07) is 11.7. The third-order valence-corrected chi connectivity index (χ3v) is 5.89. The van der Waals surface area contributed by atoms with Crippen molar-refractivity contribution in [2.45, 2.75) is 79.7 Å². The summed E-state index contributed by atoms with van der Waals surface area (Å²) in [6.07, 6.45) is -0.0166. The number of carboxylic acid groups (broad SMARTS) is 1. The molecule has 9 nitrogen and oxygen atoms in total. The fourth-order valence-electron chi connectivity index (χ4n) is 3.59. The molecule has 0 radical (unpaired) electrons. The van der Waals surface area contributed by atoms with Gasteiger partial charge in [0.2, 0.25) is 11.8 Å². The Bertz CT molecular complexity index is 1090. The first-order valence-electron chi connectivity index (χ1n) is 13.2. The van der Waals surface area contributed by atoms with E-state index in [1.54, 1.807) is 28.0 Å². The van der Waals surface area contributed by atoms with Gasteiger partial charge < -0.3 is 30.0 Å². The normalized spacial score (nSPS) is 15.9. The number of carboxylic acids is 1. The predicted octanol–water partition coefficient (Wildman–Crippen LogP) is 4.66. The van der Waals surface area contributed by atoms with E-state index in [-0.39, 0.29) is 18.1 Å². The van der Waals surface area contributed by atoms with Crippen LogP contribution in [0.5, 0.6) is 11.5 Å². The lowest BCUT2D eigenvalue weighted by molar-refractivity contribution is -0.152. The van der Waals surface area contributed by atoms with Crippen LogP contribution in [-0.2, 0) is 20.9 Å². The Morgan fingerprint density at radius 3 is 2.10 bits per heavy atom. The number of benzene rings is 2. The van der Waals surface area contributed by atoms with Crippen molar-refractivity contribution >= 4 is 17.8 Å². The number of ether oxygens (including phenoxy) is 3. The van der Waals surface area contributed by atoms with Gasteiger partial charge in [-0.25, -0.2) is 9.79 Å². The third kappa shape index (κ3) is 10.2. The van der Waals surface area contributed by atoms with Gasteiger partial charge in [0.15, 0.2) is 5.60 Å². The molecule has 0 saturated carbocycles. The van der Waals surface area contributed by atoms with Crippen LogP contribution in [0.4, 0.5) is 0 Å². The average Bonchev–Trinajstić information content (AvgIpc) is 3.28. The molecular formula is C30H45N3O6. The van der Waals surface area contributed by atoms with Gasteiger partial charge in [0.1, 0.15) is 23.6 Å². The number of aliphatic carboxylic acids is 1. The highest BCUT2D eigenvalue weighted by Gasteiger charge is 2.31. The number of carbonyl (C=O) groups excluding carboxylic acids is 1. The van der Waals surface area contributed by atoms with Crippen LogP contribution in [0.2, 0.25) is 0 Å². The van der Waals surface area contributed by atoms with E-state index in [0.717, 1.165) is 28.0 Å². The molecule has 216 valence electrons. The van der Waals surface area contributed by atoms with Crippen LogP contribution in [0.15, 0.2) is 41.4 Å². The highest BCUT2D eigenvalue weighted by molar-refractivity contribution is 5.95. The number of hydrogen-bond donors (Lipinski definition) is 3. The van der Waals surface area contributed by atoms with Gasteiger partial charge in [0.25, 0.3) is 0 Å². The van der Waals surface area contributed by atoms with Crippen LogP contribution < -0.4 is 20.1 Å². The Morgan fingerprint density at radius 2 is 1.64 bits per heavy atom. The first-order valence-corrected chi connectivity index (χ1v) is 13.2. The van der Waals surface area contributed by atoms with E-state index < -0.39 is 11.6 Å². The summed E-state index contributed by atoms with van der Waals surface area (Å²) in [7, 11) is 3.24. The summed E-state index contributed by atoms with van der Waals surface area (Å²) in [5.74, 6) is 1.08. The molecule has 0 saturated heterocycles. The average molecular weight is 544 g/mol. The van der Waals surface area contributed by atoms with Gasteiger partial charge in [-0.3, -0.25) is 4.79 Å². The first-order chi connectivity index (χ1) is 18.4. The number of nitrogens with zero attached hydrogens (tertiary/aromatic N) is 1. The lowest BCUT2D eigenvalue weighted by atomic mass is 10.0.